The van der Waals surface area contributed by atoms with Gasteiger partial charge in [0.1, 0.15) is 5.75 Å². The Labute approximate surface area is 160 Å². The first-order valence-corrected chi connectivity index (χ1v) is 9.41. The molecule has 0 bridgehead atoms. The average molecular weight is 366 g/mol. The number of rotatable bonds is 8. The third-order valence-corrected chi connectivity index (χ3v) is 4.80. The number of carbonyl (C=O) groups excluding carboxylic acids is 2. The molecule has 1 heterocycles. The largest absolute Gasteiger partial charge is 0.484 e. The molecule has 0 atom stereocenters. The maximum Gasteiger partial charge on any atom is 0.258 e. The lowest BCUT2D eigenvalue weighted by atomic mass is 10.1. The van der Waals surface area contributed by atoms with Crippen molar-refractivity contribution in [1.29, 1.82) is 0 Å². The maximum atomic E-state index is 12.2. The highest BCUT2D eigenvalue weighted by atomic mass is 16.5. The van der Waals surface area contributed by atoms with E-state index < -0.39 is 0 Å². The molecule has 1 N–H and O–H groups in total. The minimum atomic E-state index is -0.181. The predicted molar refractivity (Wildman–Crippen MR) is 105 cm³/mol. The summed E-state index contributed by atoms with van der Waals surface area (Å²) in [5.41, 5.74) is 2.97. The number of carbonyl (C=O) groups is 2. The fraction of sp³-hybridized carbons (Fsp3) is 0.364. The van der Waals surface area contributed by atoms with Gasteiger partial charge in [0, 0.05) is 18.7 Å². The first kappa shape index (κ1) is 19.1. The van der Waals surface area contributed by atoms with Gasteiger partial charge in [0.25, 0.3) is 5.91 Å². The molecule has 0 saturated carbocycles. The number of amides is 1. The first-order chi connectivity index (χ1) is 13.1. The third kappa shape index (κ3) is 5.66. The summed E-state index contributed by atoms with van der Waals surface area (Å²) in [6.07, 6.45) is 2.53. The third-order valence-electron chi connectivity index (χ3n) is 4.80. The van der Waals surface area contributed by atoms with Gasteiger partial charge in [-0.15, -0.1) is 0 Å². The Morgan fingerprint density at radius 2 is 1.78 bits per heavy atom. The molecule has 142 valence electrons. The van der Waals surface area contributed by atoms with Crippen LogP contribution in [0.4, 0.5) is 0 Å². The van der Waals surface area contributed by atoms with Crippen LogP contribution < -0.4 is 10.1 Å². The molecule has 3 rings (SSSR count). The molecule has 5 heteroatoms. The van der Waals surface area contributed by atoms with Crippen molar-refractivity contribution in [2.75, 3.05) is 19.7 Å². The van der Waals surface area contributed by atoms with E-state index in [-0.39, 0.29) is 18.3 Å². The topological polar surface area (TPSA) is 58.6 Å². The van der Waals surface area contributed by atoms with E-state index >= 15 is 0 Å². The lowest BCUT2D eigenvalue weighted by molar-refractivity contribution is -0.123. The van der Waals surface area contributed by atoms with E-state index in [0.29, 0.717) is 17.9 Å². The summed E-state index contributed by atoms with van der Waals surface area (Å²) in [6, 6.07) is 15.1. The number of nitrogens with one attached hydrogen (secondary N) is 1. The number of benzene rings is 2. The van der Waals surface area contributed by atoms with Gasteiger partial charge < -0.3 is 10.1 Å². The van der Waals surface area contributed by atoms with Gasteiger partial charge in [-0.2, -0.15) is 0 Å². The fourth-order valence-electron chi connectivity index (χ4n) is 3.26. The highest BCUT2D eigenvalue weighted by Gasteiger charge is 2.14. The van der Waals surface area contributed by atoms with Gasteiger partial charge >= 0.3 is 0 Å². The summed E-state index contributed by atoms with van der Waals surface area (Å²) in [5, 5.41) is 2.92. The van der Waals surface area contributed by atoms with Gasteiger partial charge in [-0.05, 0) is 56.1 Å². The monoisotopic (exact) mass is 366 g/mol. The van der Waals surface area contributed by atoms with Gasteiger partial charge in [-0.1, -0.05) is 36.4 Å². The number of ether oxygens (including phenoxy) is 1. The lowest BCUT2D eigenvalue weighted by Crippen LogP contribution is -2.29. The average Bonchev–Trinajstić information content (AvgIpc) is 3.19. The molecular formula is C22H26N2O3. The first-order valence-electron chi connectivity index (χ1n) is 9.41. The Bertz CT molecular complexity index is 798. The van der Waals surface area contributed by atoms with Crippen molar-refractivity contribution in [2.24, 2.45) is 0 Å². The van der Waals surface area contributed by atoms with Crippen LogP contribution >= 0.6 is 0 Å². The molecule has 1 amide bonds. The van der Waals surface area contributed by atoms with Crippen LogP contribution in [0.3, 0.4) is 0 Å². The van der Waals surface area contributed by atoms with Gasteiger partial charge in [-0.3, -0.25) is 14.5 Å². The molecule has 1 aliphatic heterocycles. The lowest BCUT2D eigenvalue weighted by Gasteiger charge is -2.17. The fourth-order valence-corrected chi connectivity index (χ4v) is 3.26. The van der Waals surface area contributed by atoms with Crippen molar-refractivity contribution in [3.63, 3.8) is 0 Å². The zero-order valence-electron chi connectivity index (χ0n) is 15.7. The highest BCUT2D eigenvalue weighted by molar-refractivity contribution is 5.94. The van der Waals surface area contributed by atoms with E-state index in [1.807, 2.05) is 12.1 Å². The number of ketones is 1. The number of nitrogens with zero attached hydrogens (tertiary/aromatic N) is 1. The van der Waals surface area contributed by atoms with Crippen molar-refractivity contribution in [3.05, 3.63) is 65.2 Å². The van der Waals surface area contributed by atoms with E-state index in [4.69, 9.17) is 4.74 Å². The van der Waals surface area contributed by atoms with Gasteiger partial charge in [0.05, 0.1) is 0 Å². The summed E-state index contributed by atoms with van der Waals surface area (Å²) in [6.45, 7) is 5.14. The van der Waals surface area contributed by atoms with E-state index in [0.717, 1.165) is 25.2 Å². The quantitative estimate of drug-likeness (QED) is 0.729. The Morgan fingerprint density at radius 3 is 2.52 bits per heavy atom. The summed E-state index contributed by atoms with van der Waals surface area (Å²) in [5.74, 6) is 0.311. The summed E-state index contributed by atoms with van der Waals surface area (Å²) in [7, 11) is 0. The second kappa shape index (κ2) is 9.33. The molecule has 5 nitrogen and oxygen atoms in total. The van der Waals surface area contributed by atoms with Crippen LogP contribution in [0, 0.1) is 0 Å². The summed E-state index contributed by atoms with van der Waals surface area (Å²) in [4.78, 5) is 26.0. The molecular weight excluding hydrogens is 340 g/mol. The molecule has 1 aliphatic rings. The van der Waals surface area contributed by atoms with E-state index in [2.05, 4.69) is 22.3 Å². The summed E-state index contributed by atoms with van der Waals surface area (Å²) >= 11 is 0. The Kier molecular flexibility index (Phi) is 6.60. The Morgan fingerprint density at radius 1 is 1.04 bits per heavy atom. The zero-order valence-corrected chi connectivity index (χ0v) is 15.7. The molecule has 2 aromatic rings. The zero-order chi connectivity index (χ0) is 19.1. The number of Topliss-reactive ketones (excluding diaryl/α,β-unsaturated/α-hetero) is 1. The van der Waals surface area contributed by atoms with Crippen LogP contribution in [0.25, 0.3) is 0 Å². The molecule has 0 aliphatic carbocycles. The molecule has 1 saturated heterocycles. The highest BCUT2D eigenvalue weighted by Crippen LogP contribution is 2.16. The molecule has 27 heavy (non-hydrogen) atoms. The van der Waals surface area contributed by atoms with Crippen molar-refractivity contribution in [3.8, 4) is 5.75 Å². The van der Waals surface area contributed by atoms with Crippen molar-refractivity contribution >= 4 is 11.7 Å². The SMILES string of the molecule is CC(=O)c1cccc(OCC(=O)NCc2ccccc2CN2CCCC2)c1. The van der Waals surface area contributed by atoms with Crippen LogP contribution in [0.1, 0.15) is 41.3 Å². The number of hydrogen-bond acceptors (Lipinski definition) is 4. The van der Waals surface area contributed by atoms with Crippen LogP contribution in [-0.4, -0.2) is 36.3 Å². The van der Waals surface area contributed by atoms with Crippen LogP contribution in [0.5, 0.6) is 5.75 Å². The van der Waals surface area contributed by atoms with Gasteiger partial charge in [0.15, 0.2) is 12.4 Å². The molecule has 0 aromatic heterocycles. The van der Waals surface area contributed by atoms with Gasteiger partial charge in [-0.25, -0.2) is 0 Å². The second-order valence-corrected chi connectivity index (χ2v) is 6.90. The predicted octanol–water partition coefficient (Wildman–Crippen LogP) is 3.18. The van der Waals surface area contributed by atoms with Crippen molar-refractivity contribution in [1.82, 2.24) is 10.2 Å². The van der Waals surface area contributed by atoms with Crippen molar-refractivity contribution in [2.45, 2.75) is 32.9 Å². The Hall–Kier alpha value is -2.66. The van der Waals surface area contributed by atoms with Crippen LogP contribution in [0.15, 0.2) is 48.5 Å². The van der Waals surface area contributed by atoms with E-state index in [1.54, 1.807) is 24.3 Å². The smallest absolute Gasteiger partial charge is 0.258 e. The van der Waals surface area contributed by atoms with E-state index in [9.17, 15) is 9.59 Å². The molecule has 1 fully saturated rings. The number of hydrogen-bond donors (Lipinski definition) is 1. The molecule has 0 unspecified atom stereocenters. The number of likely N-dealkylation sites (tertiary alicyclic amines) is 1. The van der Waals surface area contributed by atoms with E-state index in [1.165, 1.54) is 25.3 Å². The van der Waals surface area contributed by atoms with Crippen LogP contribution in [-0.2, 0) is 17.9 Å². The van der Waals surface area contributed by atoms with Crippen LogP contribution in [0.2, 0.25) is 0 Å². The van der Waals surface area contributed by atoms with Gasteiger partial charge in [0.2, 0.25) is 0 Å². The maximum absolute atomic E-state index is 12.2. The molecule has 2 aromatic carbocycles. The minimum absolute atomic E-state index is 0.0282. The summed E-state index contributed by atoms with van der Waals surface area (Å²) < 4.78 is 5.51. The molecule has 0 radical (unpaired) electrons. The van der Waals surface area contributed by atoms with Crippen molar-refractivity contribution < 1.29 is 14.3 Å². The minimum Gasteiger partial charge on any atom is -0.484 e. The Balaban J connectivity index is 1.50. The standard InChI is InChI=1S/C22H26N2O3/c1-17(25)18-9-6-10-21(13-18)27-16-22(26)23-14-19-7-2-3-8-20(19)15-24-11-4-5-12-24/h2-3,6-10,13H,4-5,11-12,14-16H2,1H3,(H,23,26). The normalized spacial score (nSPS) is 14.1. The second-order valence-electron chi connectivity index (χ2n) is 6.90. The molecule has 0 spiro atoms.